The summed E-state index contributed by atoms with van der Waals surface area (Å²) >= 11 is 0. The van der Waals surface area contributed by atoms with Gasteiger partial charge in [0, 0.05) is 18.2 Å². The van der Waals surface area contributed by atoms with Gasteiger partial charge in [0.2, 0.25) is 5.91 Å². The Labute approximate surface area is 141 Å². The molecule has 0 aromatic heterocycles. The summed E-state index contributed by atoms with van der Waals surface area (Å²) in [5.74, 6) is -0.224. The number of nitrogens with zero attached hydrogens (tertiary/aromatic N) is 1. The molecule has 1 amide bonds. The van der Waals surface area contributed by atoms with E-state index in [-0.39, 0.29) is 31.0 Å². The SMILES string of the molecule is O=C(NC1CC1)C1CCCN1CC(O)COCc1ccccc1F. The number of ether oxygens (including phenoxy) is 1. The van der Waals surface area contributed by atoms with Crippen LogP contribution in [0.4, 0.5) is 4.39 Å². The lowest BCUT2D eigenvalue weighted by Crippen LogP contribution is -2.47. The molecule has 2 N–H and O–H groups in total. The van der Waals surface area contributed by atoms with E-state index in [9.17, 15) is 14.3 Å². The highest BCUT2D eigenvalue weighted by Gasteiger charge is 2.34. The molecule has 0 spiro atoms. The fourth-order valence-corrected chi connectivity index (χ4v) is 3.11. The zero-order chi connectivity index (χ0) is 16.9. The number of amides is 1. The lowest BCUT2D eigenvalue weighted by atomic mass is 10.2. The standard InChI is InChI=1S/C18H25FN2O3/c19-16-5-2-1-4-13(16)11-24-12-15(22)10-21-9-3-6-17(21)18(23)20-14-7-8-14/h1-2,4-5,14-15,17,22H,3,6-12H2,(H,20,23). The third-order valence-corrected chi connectivity index (χ3v) is 4.56. The minimum atomic E-state index is -0.689. The van der Waals surface area contributed by atoms with Crippen molar-refractivity contribution < 1.29 is 19.0 Å². The number of likely N-dealkylation sites (tertiary alicyclic amines) is 1. The van der Waals surface area contributed by atoms with Crippen molar-refractivity contribution >= 4 is 5.91 Å². The van der Waals surface area contributed by atoms with Crippen LogP contribution in [0.25, 0.3) is 0 Å². The van der Waals surface area contributed by atoms with Gasteiger partial charge < -0.3 is 15.2 Å². The Hall–Kier alpha value is -1.50. The molecule has 1 saturated heterocycles. The summed E-state index contributed by atoms with van der Waals surface area (Å²) in [6, 6.07) is 6.66. The van der Waals surface area contributed by atoms with Gasteiger partial charge in [-0.05, 0) is 38.3 Å². The Morgan fingerprint density at radius 1 is 1.38 bits per heavy atom. The largest absolute Gasteiger partial charge is 0.389 e. The topological polar surface area (TPSA) is 61.8 Å². The third kappa shape index (κ3) is 4.75. The molecule has 2 aliphatic rings. The fraction of sp³-hybridized carbons (Fsp3) is 0.611. The molecule has 1 saturated carbocycles. The van der Waals surface area contributed by atoms with Gasteiger partial charge in [0.15, 0.2) is 0 Å². The second-order valence-electron chi connectivity index (χ2n) is 6.70. The van der Waals surface area contributed by atoms with Crippen molar-refractivity contribution in [2.24, 2.45) is 0 Å². The molecule has 132 valence electrons. The number of aliphatic hydroxyl groups excluding tert-OH is 1. The number of nitrogens with one attached hydrogen (secondary N) is 1. The van der Waals surface area contributed by atoms with Gasteiger partial charge in [0.25, 0.3) is 0 Å². The number of rotatable bonds is 8. The highest BCUT2D eigenvalue weighted by atomic mass is 19.1. The number of hydrogen-bond acceptors (Lipinski definition) is 4. The van der Waals surface area contributed by atoms with Crippen LogP contribution >= 0.6 is 0 Å². The summed E-state index contributed by atoms with van der Waals surface area (Å²) in [5, 5.41) is 13.2. The van der Waals surface area contributed by atoms with Crippen LogP contribution in [-0.4, -0.2) is 53.8 Å². The van der Waals surface area contributed by atoms with Crippen molar-refractivity contribution in [1.29, 1.82) is 0 Å². The second kappa shape index (κ2) is 8.05. The fourth-order valence-electron chi connectivity index (χ4n) is 3.11. The molecular formula is C18H25FN2O3. The molecule has 0 bridgehead atoms. The van der Waals surface area contributed by atoms with E-state index in [1.807, 2.05) is 4.90 Å². The first kappa shape index (κ1) is 17.3. The lowest BCUT2D eigenvalue weighted by Gasteiger charge is -2.26. The number of benzene rings is 1. The van der Waals surface area contributed by atoms with Crippen molar-refractivity contribution in [3.8, 4) is 0 Å². The molecule has 2 fully saturated rings. The molecule has 24 heavy (non-hydrogen) atoms. The molecule has 3 rings (SSSR count). The van der Waals surface area contributed by atoms with E-state index < -0.39 is 6.10 Å². The van der Waals surface area contributed by atoms with Crippen molar-refractivity contribution in [3.05, 3.63) is 35.6 Å². The minimum absolute atomic E-state index is 0.0782. The monoisotopic (exact) mass is 336 g/mol. The van der Waals surface area contributed by atoms with Crippen LogP contribution in [0, 0.1) is 5.82 Å². The summed E-state index contributed by atoms with van der Waals surface area (Å²) in [5.41, 5.74) is 0.479. The Balaban J connectivity index is 1.41. The van der Waals surface area contributed by atoms with Crippen LogP contribution in [0.2, 0.25) is 0 Å². The summed E-state index contributed by atoms with van der Waals surface area (Å²) in [6.45, 7) is 1.48. The van der Waals surface area contributed by atoms with E-state index in [2.05, 4.69) is 5.32 Å². The maximum absolute atomic E-state index is 13.5. The van der Waals surface area contributed by atoms with E-state index in [0.717, 1.165) is 32.2 Å². The van der Waals surface area contributed by atoms with Gasteiger partial charge in [0.05, 0.1) is 25.4 Å². The van der Waals surface area contributed by atoms with E-state index in [1.54, 1.807) is 18.2 Å². The number of carbonyl (C=O) groups is 1. The summed E-state index contributed by atoms with van der Waals surface area (Å²) in [7, 11) is 0. The average Bonchev–Trinajstić information content (AvgIpc) is 3.25. The molecular weight excluding hydrogens is 311 g/mol. The number of aliphatic hydroxyl groups is 1. The molecule has 2 unspecified atom stereocenters. The first-order valence-electron chi connectivity index (χ1n) is 8.67. The number of hydrogen-bond donors (Lipinski definition) is 2. The van der Waals surface area contributed by atoms with Gasteiger partial charge in [-0.2, -0.15) is 0 Å². The molecule has 2 atom stereocenters. The summed E-state index contributed by atoms with van der Waals surface area (Å²) in [6.07, 6.45) is 3.26. The number of carbonyl (C=O) groups excluding carboxylic acids is 1. The van der Waals surface area contributed by atoms with E-state index in [0.29, 0.717) is 18.2 Å². The summed E-state index contributed by atoms with van der Waals surface area (Å²) < 4.78 is 18.9. The highest BCUT2D eigenvalue weighted by Crippen LogP contribution is 2.22. The Bertz CT molecular complexity index is 565. The van der Waals surface area contributed by atoms with Gasteiger partial charge >= 0.3 is 0 Å². The Morgan fingerprint density at radius 2 is 2.17 bits per heavy atom. The molecule has 5 nitrogen and oxygen atoms in total. The van der Waals surface area contributed by atoms with Crippen molar-refractivity contribution in [3.63, 3.8) is 0 Å². The number of β-amino-alcohol motifs (C(OH)–C–C–N with tert-alkyl or cyclic N) is 1. The normalized spacial score (nSPS) is 22.5. The summed E-state index contributed by atoms with van der Waals surface area (Å²) in [4.78, 5) is 14.2. The Morgan fingerprint density at radius 3 is 2.92 bits per heavy atom. The highest BCUT2D eigenvalue weighted by molar-refractivity contribution is 5.82. The zero-order valence-corrected chi connectivity index (χ0v) is 13.8. The molecule has 1 heterocycles. The van der Waals surface area contributed by atoms with Gasteiger partial charge in [-0.3, -0.25) is 9.69 Å². The Kier molecular flexibility index (Phi) is 5.81. The number of halogens is 1. The van der Waals surface area contributed by atoms with Crippen LogP contribution in [0.15, 0.2) is 24.3 Å². The molecule has 1 aromatic rings. The van der Waals surface area contributed by atoms with Crippen LogP contribution < -0.4 is 5.32 Å². The minimum Gasteiger partial charge on any atom is -0.389 e. The maximum Gasteiger partial charge on any atom is 0.237 e. The molecule has 1 aliphatic carbocycles. The van der Waals surface area contributed by atoms with Crippen molar-refractivity contribution in [2.45, 2.75) is 50.5 Å². The molecule has 6 heteroatoms. The maximum atomic E-state index is 13.5. The van der Waals surface area contributed by atoms with Crippen LogP contribution in [0.1, 0.15) is 31.2 Å². The van der Waals surface area contributed by atoms with Crippen LogP contribution in [0.5, 0.6) is 0 Å². The van der Waals surface area contributed by atoms with Crippen molar-refractivity contribution in [1.82, 2.24) is 10.2 Å². The smallest absolute Gasteiger partial charge is 0.237 e. The molecule has 1 aliphatic heterocycles. The predicted molar refractivity (Wildman–Crippen MR) is 87.8 cm³/mol. The van der Waals surface area contributed by atoms with Crippen LogP contribution in [0.3, 0.4) is 0 Å². The van der Waals surface area contributed by atoms with Crippen molar-refractivity contribution in [2.75, 3.05) is 19.7 Å². The quantitative estimate of drug-likeness (QED) is 0.754. The first-order valence-corrected chi connectivity index (χ1v) is 8.67. The van der Waals surface area contributed by atoms with Crippen LogP contribution in [-0.2, 0) is 16.1 Å². The van der Waals surface area contributed by atoms with Gasteiger partial charge in [0.1, 0.15) is 5.82 Å². The van der Waals surface area contributed by atoms with E-state index >= 15 is 0 Å². The second-order valence-corrected chi connectivity index (χ2v) is 6.70. The lowest BCUT2D eigenvalue weighted by molar-refractivity contribution is -0.126. The van der Waals surface area contributed by atoms with E-state index in [1.165, 1.54) is 6.07 Å². The van der Waals surface area contributed by atoms with Gasteiger partial charge in [-0.1, -0.05) is 18.2 Å². The van der Waals surface area contributed by atoms with Gasteiger partial charge in [-0.25, -0.2) is 4.39 Å². The molecule has 1 aromatic carbocycles. The molecule has 0 radical (unpaired) electrons. The first-order chi connectivity index (χ1) is 11.6. The van der Waals surface area contributed by atoms with E-state index in [4.69, 9.17) is 4.74 Å². The third-order valence-electron chi connectivity index (χ3n) is 4.56. The zero-order valence-electron chi connectivity index (χ0n) is 13.8. The predicted octanol–water partition coefficient (Wildman–Crippen LogP) is 1.45. The van der Waals surface area contributed by atoms with Gasteiger partial charge in [-0.15, -0.1) is 0 Å². The average molecular weight is 336 g/mol.